The Bertz CT molecular complexity index is 513. The van der Waals surface area contributed by atoms with E-state index < -0.39 is 0 Å². The molecule has 1 aromatic carbocycles. The Morgan fingerprint density at radius 1 is 1.38 bits per heavy atom. The van der Waals surface area contributed by atoms with E-state index in [2.05, 4.69) is 12.2 Å². The molecular weight excluding hydrogens is 264 g/mol. The summed E-state index contributed by atoms with van der Waals surface area (Å²) in [5.41, 5.74) is 1.70. The summed E-state index contributed by atoms with van der Waals surface area (Å²) >= 11 is 0. The number of nitrogens with one attached hydrogen (secondary N) is 1. The van der Waals surface area contributed by atoms with Gasteiger partial charge in [-0.25, -0.2) is 0 Å². The molecule has 0 radical (unpaired) electrons. The standard InChI is InChI=1S/C17H24N2O2/c1-13-5-3-7-15(11-13)17(21)18-9-8-16(20)19-10-4-6-14(2)12-19/h3,5,7,11,14H,4,6,8-10,12H2,1-2H3,(H,18,21). The van der Waals surface area contributed by atoms with Crippen LogP contribution in [0.1, 0.15) is 42.1 Å². The average Bonchev–Trinajstić information content (AvgIpc) is 2.47. The first-order valence-corrected chi connectivity index (χ1v) is 7.69. The molecule has 2 rings (SSSR count). The third kappa shape index (κ3) is 4.59. The zero-order chi connectivity index (χ0) is 15.2. The van der Waals surface area contributed by atoms with Gasteiger partial charge in [0.25, 0.3) is 5.91 Å². The summed E-state index contributed by atoms with van der Waals surface area (Å²) in [7, 11) is 0. The molecule has 2 amide bonds. The Morgan fingerprint density at radius 2 is 2.19 bits per heavy atom. The number of rotatable bonds is 4. The van der Waals surface area contributed by atoms with Crippen LogP contribution in [0.25, 0.3) is 0 Å². The van der Waals surface area contributed by atoms with E-state index in [-0.39, 0.29) is 11.8 Å². The van der Waals surface area contributed by atoms with Crippen LogP contribution in [0.4, 0.5) is 0 Å². The van der Waals surface area contributed by atoms with E-state index in [9.17, 15) is 9.59 Å². The monoisotopic (exact) mass is 288 g/mol. The molecule has 1 aliphatic rings. The molecule has 0 bridgehead atoms. The van der Waals surface area contributed by atoms with Crippen LogP contribution in [0, 0.1) is 12.8 Å². The highest BCUT2D eigenvalue weighted by molar-refractivity contribution is 5.94. The summed E-state index contributed by atoms with van der Waals surface area (Å²) in [4.78, 5) is 26.0. The second-order valence-corrected chi connectivity index (χ2v) is 5.96. The molecule has 1 fully saturated rings. The molecule has 1 heterocycles. The fourth-order valence-electron chi connectivity index (χ4n) is 2.75. The van der Waals surface area contributed by atoms with E-state index >= 15 is 0 Å². The Kier molecular flexibility index (Phi) is 5.37. The fraction of sp³-hybridized carbons (Fsp3) is 0.529. The molecule has 114 valence electrons. The first-order valence-electron chi connectivity index (χ1n) is 7.69. The minimum Gasteiger partial charge on any atom is -0.352 e. The number of benzene rings is 1. The molecule has 0 saturated carbocycles. The number of carbonyl (C=O) groups is 2. The molecule has 1 aliphatic heterocycles. The number of nitrogens with zero attached hydrogens (tertiary/aromatic N) is 1. The van der Waals surface area contributed by atoms with Gasteiger partial charge >= 0.3 is 0 Å². The second kappa shape index (κ2) is 7.25. The maximum Gasteiger partial charge on any atom is 0.251 e. The molecule has 4 nitrogen and oxygen atoms in total. The number of aryl methyl sites for hydroxylation is 1. The van der Waals surface area contributed by atoms with E-state index in [1.165, 1.54) is 6.42 Å². The highest BCUT2D eigenvalue weighted by Gasteiger charge is 2.20. The third-order valence-corrected chi connectivity index (χ3v) is 3.91. The fourth-order valence-corrected chi connectivity index (χ4v) is 2.75. The SMILES string of the molecule is Cc1cccc(C(=O)NCCC(=O)N2CCCC(C)C2)c1. The van der Waals surface area contributed by atoms with E-state index in [1.54, 1.807) is 6.07 Å². The van der Waals surface area contributed by atoms with E-state index in [0.29, 0.717) is 24.4 Å². The van der Waals surface area contributed by atoms with Gasteiger partial charge in [0, 0.05) is 31.6 Å². The van der Waals surface area contributed by atoms with Gasteiger partial charge in [-0.1, -0.05) is 24.6 Å². The minimum absolute atomic E-state index is 0.112. The van der Waals surface area contributed by atoms with Crippen molar-refractivity contribution in [1.29, 1.82) is 0 Å². The summed E-state index contributed by atoms with van der Waals surface area (Å²) in [5.74, 6) is 0.620. The van der Waals surface area contributed by atoms with E-state index in [4.69, 9.17) is 0 Å². The Labute approximate surface area is 126 Å². The average molecular weight is 288 g/mol. The van der Waals surface area contributed by atoms with Gasteiger partial charge in [-0.05, 0) is 37.8 Å². The largest absolute Gasteiger partial charge is 0.352 e. The molecule has 4 heteroatoms. The van der Waals surface area contributed by atoms with Crippen LogP contribution < -0.4 is 5.32 Å². The highest BCUT2D eigenvalue weighted by Crippen LogP contribution is 2.15. The zero-order valence-electron chi connectivity index (χ0n) is 12.9. The number of likely N-dealkylation sites (tertiary alicyclic amines) is 1. The number of carbonyl (C=O) groups excluding carboxylic acids is 2. The van der Waals surface area contributed by atoms with E-state index in [0.717, 1.165) is 25.1 Å². The molecule has 1 atom stereocenters. The summed E-state index contributed by atoms with van der Waals surface area (Å²) in [5, 5.41) is 2.82. The number of amides is 2. The van der Waals surface area contributed by atoms with Gasteiger partial charge in [-0.2, -0.15) is 0 Å². The van der Waals surface area contributed by atoms with Crippen molar-refractivity contribution < 1.29 is 9.59 Å². The Hall–Kier alpha value is -1.84. The third-order valence-electron chi connectivity index (χ3n) is 3.91. The quantitative estimate of drug-likeness (QED) is 0.924. The van der Waals surface area contributed by atoms with Gasteiger partial charge in [0.1, 0.15) is 0 Å². The lowest BCUT2D eigenvalue weighted by Gasteiger charge is -2.31. The van der Waals surface area contributed by atoms with Gasteiger partial charge in [-0.3, -0.25) is 9.59 Å². The Morgan fingerprint density at radius 3 is 2.90 bits per heavy atom. The topological polar surface area (TPSA) is 49.4 Å². The van der Waals surface area contributed by atoms with Gasteiger partial charge in [0.15, 0.2) is 0 Å². The van der Waals surface area contributed by atoms with Crippen molar-refractivity contribution in [2.75, 3.05) is 19.6 Å². The molecule has 1 saturated heterocycles. The van der Waals surface area contributed by atoms with Crippen LogP contribution in [-0.4, -0.2) is 36.3 Å². The highest BCUT2D eigenvalue weighted by atomic mass is 16.2. The zero-order valence-corrected chi connectivity index (χ0v) is 12.9. The molecule has 0 aromatic heterocycles. The first kappa shape index (κ1) is 15.5. The molecule has 1 N–H and O–H groups in total. The van der Waals surface area contributed by atoms with Crippen molar-refractivity contribution in [1.82, 2.24) is 10.2 Å². The minimum atomic E-state index is -0.112. The number of hydrogen-bond donors (Lipinski definition) is 1. The van der Waals surface area contributed by atoms with Crippen LogP contribution >= 0.6 is 0 Å². The molecule has 0 aliphatic carbocycles. The lowest BCUT2D eigenvalue weighted by Crippen LogP contribution is -2.40. The normalized spacial score (nSPS) is 18.4. The van der Waals surface area contributed by atoms with E-state index in [1.807, 2.05) is 30.0 Å². The molecule has 0 spiro atoms. The number of piperidine rings is 1. The maximum absolute atomic E-state index is 12.1. The number of hydrogen-bond acceptors (Lipinski definition) is 2. The molecule has 1 unspecified atom stereocenters. The van der Waals surface area contributed by atoms with Crippen molar-refractivity contribution in [3.8, 4) is 0 Å². The summed E-state index contributed by atoms with van der Waals surface area (Å²) in [6.07, 6.45) is 2.67. The second-order valence-electron chi connectivity index (χ2n) is 5.96. The van der Waals surface area contributed by atoms with Gasteiger partial charge in [0.2, 0.25) is 5.91 Å². The predicted molar refractivity (Wildman–Crippen MR) is 83.1 cm³/mol. The lowest BCUT2D eigenvalue weighted by molar-refractivity contribution is -0.132. The van der Waals surface area contributed by atoms with Crippen molar-refractivity contribution in [2.24, 2.45) is 5.92 Å². The lowest BCUT2D eigenvalue weighted by atomic mass is 10.00. The van der Waals surface area contributed by atoms with Gasteiger partial charge < -0.3 is 10.2 Å². The smallest absolute Gasteiger partial charge is 0.251 e. The van der Waals surface area contributed by atoms with Crippen LogP contribution in [0.3, 0.4) is 0 Å². The molecular formula is C17H24N2O2. The van der Waals surface area contributed by atoms with Gasteiger partial charge in [-0.15, -0.1) is 0 Å². The van der Waals surface area contributed by atoms with Crippen molar-refractivity contribution in [2.45, 2.75) is 33.1 Å². The predicted octanol–water partition coefficient (Wildman–Crippen LogP) is 2.37. The van der Waals surface area contributed by atoms with Crippen LogP contribution in [0.2, 0.25) is 0 Å². The van der Waals surface area contributed by atoms with Crippen LogP contribution in [-0.2, 0) is 4.79 Å². The molecule has 21 heavy (non-hydrogen) atoms. The first-order chi connectivity index (χ1) is 10.1. The van der Waals surface area contributed by atoms with Crippen molar-refractivity contribution >= 4 is 11.8 Å². The van der Waals surface area contributed by atoms with Crippen molar-refractivity contribution in [3.63, 3.8) is 0 Å². The van der Waals surface area contributed by atoms with Crippen molar-refractivity contribution in [3.05, 3.63) is 35.4 Å². The van der Waals surface area contributed by atoms with Gasteiger partial charge in [0.05, 0.1) is 0 Å². The van der Waals surface area contributed by atoms with Crippen LogP contribution in [0.5, 0.6) is 0 Å². The maximum atomic E-state index is 12.1. The molecule has 1 aromatic rings. The van der Waals surface area contributed by atoms with Crippen LogP contribution in [0.15, 0.2) is 24.3 Å². The Balaban J connectivity index is 1.76. The summed E-state index contributed by atoms with van der Waals surface area (Å²) in [6.45, 7) is 6.24. The summed E-state index contributed by atoms with van der Waals surface area (Å²) < 4.78 is 0. The summed E-state index contributed by atoms with van der Waals surface area (Å²) in [6, 6.07) is 7.46.